The predicted octanol–water partition coefficient (Wildman–Crippen LogP) is 5.53. The summed E-state index contributed by atoms with van der Waals surface area (Å²) in [5.74, 6) is 2.96. The number of rotatable bonds is 13. The molecule has 2 aromatic rings. The van der Waals surface area contributed by atoms with E-state index in [0.29, 0.717) is 0 Å². The number of halogens is 1. The lowest BCUT2D eigenvalue weighted by Crippen LogP contribution is -2.10. The summed E-state index contributed by atoms with van der Waals surface area (Å²) in [5, 5.41) is 0. The highest BCUT2D eigenvalue weighted by Gasteiger charge is 2.15. The van der Waals surface area contributed by atoms with E-state index in [1.165, 1.54) is 11.1 Å². The smallest absolute Gasteiger partial charge is 0.161 e. The summed E-state index contributed by atoms with van der Waals surface area (Å²) in [6, 6.07) is 8.04. The number of unbranched alkanes of at least 4 members (excludes halogenated alkanes) is 3. The molecule has 0 fully saturated rings. The second-order valence-electron chi connectivity index (χ2n) is 8.30. The van der Waals surface area contributed by atoms with Crippen LogP contribution in [0.1, 0.15) is 73.9 Å². The Kier molecular flexibility index (Phi) is 12.4. The van der Waals surface area contributed by atoms with Crippen LogP contribution < -0.4 is 30.4 Å². The minimum absolute atomic E-state index is 0. The number of aryl methyl sites for hydroxylation is 2. The fourth-order valence-corrected chi connectivity index (χ4v) is 4.14. The maximum absolute atomic E-state index is 6.20. The first-order valence-electron chi connectivity index (χ1n) is 11.4. The van der Waals surface area contributed by atoms with Crippen LogP contribution in [0.5, 0.6) is 23.0 Å². The molecule has 2 aromatic carbocycles. The molecule has 0 saturated heterocycles. The first kappa shape index (κ1) is 28.9. The summed E-state index contributed by atoms with van der Waals surface area (Å²) in [6.07, 6.45) is 6.43. The number of hydrogen-bond donors (Lipinski definition) is 2. The van der Waals surface area contributed by atoms with E-state index >= 15 is 0 Å². The molecular formula is C26H41ClN2O4. The number of hydrogen-bond acceptors (Lipinski definition) is 6. The van der Waals surface area contributed by atoms with E-state index in [1.807, 2.05) is 26.0 Å². The summed E-state index contributed by atoms with van der Waals surface area (Å²) in [4.78, 5) is 0. The molecule has 2 atom stereocenters. The van der Waals surface area contributed by atoms with E-state index in [4.69, 9.17) is 30.4 Å². The Bertz CT molecular complexity index is 800. The van der Waals surface area contributed by atoms with Crippen LogP contribution in [0.15, 0.2) is 24.3 Å². The van der Waals surface area contributed by atoms with Gasteiger partial charge in [0, 0.05) is 12.1 Å². The number of nitrogens with two attached hydrogens (primary N) is 2. The van der Waals surface area contributed by atoms with Gasteiger partial charge < -0.3 is 30.4 Å². The molecule has 33 heavy (non-hydrogen) atoms. The normalized spacial score (nSPS) is 12.5. The van der Waals surface area contributed by atoms with Gasteiger partial charge in [-0.1, -0.05) is 12.8 Å². The Morgan fingerprint density at radius 3 is 1.15 bits per heavy atom. The van der Waals surface area contributed by atoms with Gasteiger partial charge in [-0.05, 0) is 86.1 Å². The zero-order valence-corrected chi connectivity index (χ0v) is 21.7. The molecule has 2 rings (SSSR count). The van der Waals surface area contributed by atoms with Crippen molar-refractivity contribution in [1.82, 2.24) is 0 Å². The molecule has 0 radical (unpaired) electrons. The molecule has 0 amide bonds. The van der Waals surface area contributed by atoms with Crippen LogP contribution in [0.3, 0.4) is 0 Å². The van der Waals surface area contributed by atoms with Crippen LogP contribution >= 0.6 is 12.4 Å². The minimum Gasteiger partial charge on any atom is -0.493 e. The third-order valence-electron chi connectivity index (χ3n) is 5.91. The summed E-state index contributed by atoms with van der Waals surface area (Å²) in [6.45, 7) is 4.01. The highest BCUT2D eigenvalue weighted by atomic mass is 35.5. The number of ether oxygens (including phenoxy) is 4. The van der Waals surface area contributed by atoms with Crippen molar-refractivity contribution in [2.75, 3.05) is 28.4 Å². The standard InChI is InChI=1S/C26H40N2O4.ClH/c1-17(27)21-15-25(31-5)23(29-3)13-19(21)11-9-7-8-10-12-20-14-24(30-4)26(32-6)16-22(20)18(2)28;/h13-18H,7-12,27-28H2,1-6H3;1H. The predicted molar refractivity (Wildman–Crippen MR) is 137 cm³/mol. The van der Waals surface area contributed by atoms with E-state index in [1.54, 1.807) is 28.4 Å². The van der Waals surface area contributed by atoms with Crippen LogP contribution in [0.2, 0.25) is 0 Å². The van der Waals surface area contributed by atoms with Crippen LogP contribution in [0, 0.1) is 0 Å². The molecule has 6 nitrogen and oxygen atoms in total. The Balaban J connectivity index is 0.00000544. The van der Waals surface area contributed by atoms with Gasteiger partial charge >= 0.3 is 0 Å². The minimum atomic E-state index is -0.0495. The monoisotopic (exact) mass is 480 g/mol. The average molecular weight is 481 g/mol. The van der Waals surface area contributed by atoms with Crippen LogP contribution in [0.4, 0.5) is 0 Å². The van der Waals surface area contributed by atoms with Gasteiger partial charge in [-0.25, -0.2) is 0 Å². The molecule has 7 heteroatoms. The van der Waals surface area contributed by atoms with Gasteiger partial charge in [0.15, 0.2) is 23.0 Å². The van der Waals surface area contributed by atoms with Gasteiger partial charge in [0.2, 0.25) is 0 Å². The molecule has 0 aliphatic heterocycles. The van der Waals surface area contributed by atoms with Crippen molar-refractivity contribution in [2.24, 2.45) is 11.5 Å². The van der Waals surface area contributed by atoms with Gasteiger partial charge in [0.25, 0.3) is 0 Å². The van der Waals surface area contributed by atoms with E-state index in [-0.39, 0.29) is 24.5 Å². The number of methoxy groups -OCH3 is 4. The van der Waals surface area contributed by atoms with Crippen molar-refractivity contribution in [2.45, 2.75) is 64.5 Å². The van der Waals surface area contributed by atoms with Crippen LogP contribution in [-0.2, 0) is 12.8 Å². The third-order valence-corrected chi connectivity index (χ3v) is 5.91. The lowest BCUT2D eigenvalue weighted by molar-refractivity contribution is 0.353. The molecule has 0 aliphatic rings. The zero-order valence-electron chi connectivity index (χ0n) is 20.9. The Morgan fingerprint density at radius 2 is 0.879 bits per heavy atom. The fraction of sp³-hybridized carbons (Fsp3) is 0.538. The summed E-state index contributed by atoms with van der Waals surface area (Å²) >= 11 is 0. The van der Waals surface area contributed by atoms with Gasteiger partial charge in [-0.3, -0.25) is 0 Å². The van der Waals surface area contributed by atoms with Crippen molar-refractivity contribution in [1.29, 1.82) is 0 Å². The molecular weight excluding hydrogens is 440 g/mol. The van der Waals surface area contributed by atoms with Gasteiger partial charge in [0.05, 0.1) is 28.4 Å². The maximum atomic E-state index is 6.20. The van der Waals surface area contributed by atoms with E-state index in [9.17, 15) is 0 Å². The first-order chi connectivity index (χ1) is 15.4. The summed E-state index contributed by atoms with van der Waals surface area (Å²) in [5.41, 5.74) is 17.1. The zero-order chi connectivity index (χ0) is 23.7. The van der Waals surface area contributed by atoms with Crippen molar-refractivity contribution in [3.63, 3.8) is 0 Å². The van der Waals surface area contributed by atoms with Crippen LogP contribution in [0.25, 0.3) is 0 Å². The molecule has 0 bridgehead atoms. The average Bonchev–Trinajstić information content (AvgIpc) is 2.79. The van der Waals surface area contributed by atoms with E-state index in [2.05, 4.69) is 12.1 Å². The highest BCUT2D eigenvalue weighted by molar-refractivity contribution is 5.85. The summed E-state index contributed by atoms with van der Waals surface area (Å²) in [7, 11) is 6.63. The molecule has 2 unspecified atom stereocenters. The van der Waals surface area contributed by atoms with Gasteiger partial charge in [0.1, 0.15) is 0 Å². The molecule has 186 valence electrons. The molecule has 0 saturated carbocycles. The molecule has 0 aliphatic carbocycles. The Labute approximate surface area is 205 Å². The molecule has 0 spiro atoms. The van der Waals surface area contributed by atoms with Crippen LogP contribution in [-0.4, -0.2) is 28.4 Å². The lowest BCUT2D eigenvalue weighted by Gasteiger charge is -2.18. The molecule has 0 heterocycles. The Hall–Kier alpha value is -2.15. The molecule has 4 N–H and O–H groups in total. The quantitative estimate of drug-likeness (QED) is 0.366. The van der Waals surface area contributed by atoms with Crippen molar-refractivity contribution in [3.05, 3.63) is 46.5 Å². The first-order valence-corrected chi connectivity index (χ1v) is 11.4. The lowest BCUT2D eigenvalue weighted by atomic mass is 9.94. The number of benzene rings is 2. The maximum Gasteiger partial charge on any atom is 0.161 e. The van der Waals surface area contributed by atoms with Crippen molar-refractivity contribution < 1.29 is 18.9 Å². The fourth-order valence-electron chi connectivity index (χ4n) is 4.14. The third kappa shape index (κ3) is 7.70. The summed E-state index contributed by atoms with van der Waals surface area (Å²) < 4.78 is 21.8. The topological polar surface area (TPSA) is 89.0 Å². The SMILES string of the molecule is COc1cc(CCCCCCc2cc(OC)c(OC)cc2C(C)N)c(C(C)N)cc1OC.Cl. The highest BCUT2D eigenvalue weighted by Crippen LogP contribution is 2.35. The largest absolute Gasteiger partial charge is 0.493 e. The van der Waals surface area contributed by atoms with E-state index in [0.717, 1.165) is 72.6 Å². The second-order valence-corrected chi connectivity index (χ2v) is 8.30. The van der Waals surface area contributed by atoms with Gasteiger partial charge in [-0.2, -0.15) is 0 Å². The van der Waals surface area contributed by atoms with Crippen molar-refractivity contribution in [3.8, 4) is 23.0 Å². The van der Waals surface area contributed by atoms with E-state index < -0.39 is 0 Å². The molecule has 0 aromatic heterocycles. The second kappa shape index (κ2) is 14.2. The Morgan fingerprint density at radius 1 is 0.576 bits per heavy atom. The van der Waals surface area contributed by atoms with Crippen molar-refractivity contribution >= 4 is 12.4 Å². The van der Waals surface area contributed by atoms with Gasteiger partial charge in [-0.15, -0.1) is 12.4 Å².